The molecule has 1 atom stereocenters. The van der Waals surface area contributed by atoms with Crippen LogP contribution in [0.5, 0.6) is 0 Å². The molecule has 3 rings (SSSR count). The summed E-state index contributed by atoms with van der Waals surface area (Å²) in [5.41, 5.74) is 7.13. The van der Waals surface area contributed by atoms with Crippen LogP contribution < -0.4 is 10.6 Å². The van der Waals surface area contributed by atoms with Crippen molar-refractivity contribution in [1.29, 1.82) is 0 Å². The monoisotopic (exact) mass is 532 g/mol. The summed E-state index contributed by atoms with van der Waals surface area (Å²) in [7, 11) is 1.70. The Balaban J connectivity index is 1.26. The Hall–Kier alpha value is -3.19. The Kier molecular flexibility index (Phi) is 13.5. The van der Waals surface area contributed by atoms with Gasteiger partial charge in [-0.05, 0) is 85.4 Å². The number of alkyl carbamates (subject to hydrolysis) is 1. The number of hydrogen-bond donors (Lipinski definition) is 3. The molecule has 0 saturated heterocycles. The molecule has 0 aliphatic carbocycles. The van der Waals surface area contributed by atoms with Crippen molar-refractivity contribution >= 4 is 6.09 Å². The van der Waals surface area contributed by atoms with Crippen LogP contribution in [0.15, 0.2) is 72.8 Å². The van der Waals surface area contributed by atoms with Crippen LogP contribution in [0.1, 0.15) is 65.1 Å². The van der Waals surface area contributed by atoms with Gasteiger partial charge in [-0.2, -0.15) is 0 Å². The van der Waals surface area contributed by atoms with Crippen LogP contribution in [0.2, 0.25) is 0 Å². The van der Waals surface area contributed by atoms with Crippen molar-refractivity contribution < 1.29 is 19.4 Å². The molecule has 6 heteroatoms. The van der Waals surface area contributed by atoms with E-state index in [2.05, 4.69) is 60.0 Å². The number of rotatable bonds is 17. The third-order valence-corrected chi connectivity index (χ3v) is 6.94. The van der Waals surface area contributed by atoms with Gasteiger partial charge in [-0.25, -0.2) is 4.79 Å². The Morgan fingerprint density at radius 2 is 1.49 bits per heavy atom. The second-order valence-electron chi connectivity index (χ2n) is 10.0. The van der Waals surface area contributed by atoms with Crippen LogP contribution in [-0.2, 0) is 35.5 Å². The minimum atomic E-state index is -0.364. The van der Waals surface area contributed by atoms with Crippen molar-refractivity contribution in [1.82, 2.24) is 10.6 Å². The van der Waals surface area contributed by atoms with Crippen LogP contribution in [-0.4, -0.2) is 38.0 Å². The summed E-state index contributed by atoms with van der Waals surface area (Å²) < 4.78 is 10.5. The summed E-state index contributed by atoms with van der Waals surface area (Å²) in [6, 6.07) is 24.8. The van der Waals surface area contributed by atoms with Crippen LogP contribution >= 0.6 is 0 Å². The molecule has 1 amide bonds. The largest absolute Gasteiger partial charge is 0.445 e. The second-order valence-corrected chi connectivity index (χ2v) is 10.0. The summed E-state index contributed by atoms with van der Waals surface area (Å²) in [5, 5.41) is 16.2. The number of amides is 1. The van der Waals surface area contributed by atoms with E-state index >= 15 is 0 Å². The molecule has 0 unspecified atom stereocenters. The molecule has 0 radical (unpaired) electrons. The van der Waals surface area contributed by atoms with E-state index in [1.165, 1.54) is 16.7 Å². The standard InChI is InChI=1S/C33H44N2O4/c1-26-14-19-30(22-31(26)25-38-2)32(23-36)34-20-8-6-10-27-15-17-28(18-16-27)11-7-9-21-35-33(37)39-24-29-12-4-3-5-13-29/h3-5,12-19,22,32,34,36H,6-11,20-21,23-25H2,1-2H3,(H,35,37)/t32-/m1/s1. The van der Waals surface area contributed by atoms with Crippen LogP contribution in [0.25, 0.3) is 0 Å². The van der Waals surface area contributed by atoms with Crippen LogP contribution in [0, 0.1) is 6.92 Å². The number of carbonyl (C=O) groups is 1. The number of aliphatic hydroxyl groups is 1. The van der Waals surface area contributed by atoms with Gasteiger partial charge in [0.2, 0.25) is 0 Å². The number of aryl methyl sites for hydroxylation is 3. The molecule has 3 aromatic rings. The summed E-state index contributed by atoms with van der Waals surface area (Å²) in [6.07, 6.45) is 5.76. The lowest BCUT2D eigenvalue weighted by Crippen LogP contribution is -2.25. The third-order valence-electron chi connectivity index (χ3n) is 6.94. The van der Waals surface area contributed by atoms with Gasteiger partial charge in [0.15, 0.2) is 0 Å². The number of aliphatic hydroxyl groups excluding tert-OH is 1. The lowest BCUT2D eigenvalue weighted by atomic mass is 10.0. The molecular formula is C33H44N2O4. The van der Waals surface area contributed by atoms with Crippen molar-refractivity contribution in [2.45, 2.75) is 64.7 Å². The summed E-state index contributed by atoms with van der Waals surface area (Å²) >= 11 is 0. The molecule has 0 aliphatic heterocycles. The van der Waals surface area contributed by atoms with Crippen LogP contribution in [0.3, 0.4) is 0 Å². The summed E-state index contributed by atoms with van der Waals surface area (Å²) in [4.78, 5) is 11.8. The van der Waals surface area contributed by atoms with Crippen molar-refractivity contribution in [3.05, 3.63) is 106 Å². The molecule has 0 aliphatic rings. The fraction of sp³-hybridized carbons (Fsp3) is 0.424. The highest BCUT2D eigenvalue weighted by Gasteiger charge is 2.11. The molecule has 0 aromatic heterocycles. The number of nitrogens with one attached hydrogen (secondary N) is 2. The van der Waals surface area contributed by atoms with Gasteiger partial charge >= 0.3 is 6.09 Å². The zero-order valence-electron chi connectivity index (χ0n) is 23.5. The number of benzene rings is 3. The van der Waals surface area contributed by atoms with E-state index < -0.39 is 0 Å². The minimum absolute atomic E-state index is 0.0596. The number of carbonyl (C=O) groups excluding carboxylic acids is 1. The molecule has 0 bridgehead atoms. The maximum absolute atomic E-state index is 11.8. The van der Waals surface area contributed by atoms with Gasteiger partial charge < -0.3 is 25.2 Å². The third kappa shape index (κ3) is 11.2. The Morgan fingerprint density at radius 1 is 0.821 bits per heavy atom. The molecule has 0 heterocycles. The fourth-order valence-electron chi connectivity index (χ4n) is 4.53. The zero-order chi connectivity index (χ0) is 27.7. The predicted octanol–water partition coefficient (Wildman–Crippen LogP) is 6.04. The highest BCUT2D eigenvalue weighted by molar-refractivity contribution is 5.67. The first-order chi connectivity index (χ1) is 19.1. The van der Waals surface area contributed by atoms with Crippen molar-refractivity contribution in [2.24, 2.45) is 0 Å². The van der Waals surface area contributed by atoms with E-state index in [1.807, 2.05) is 30.3 Å². The van der Waals surface area contributed by atoms with E-state index in [-0.39, 0.29) is 18.7 Å². The number of ether oxygens (including phenoxy) is 2. The quantitative estimate of drug-likeness (QED) is 0.185. The summed E-state index contributed by atoms with van der Waals surface area (Å²) in [6.45, 7) is 4.52. The van der Waals surface area contributed by atoms with Gasteiger partial charge in [-0.3, -0.25) is 0 Å². The Labute approximate surface area is 233 Å². The molecule has 0 saturated carbocycles. The van der Waals surface area contributed by atoms with Gasteiger partial charge in [0.25, 0.3) is 0 Å². The molecule has 0 fully saturated rings. The Bertz CT molecular complexity index is 1100. The number of unbranched alkanes of at least 4 members (excludes halogenated alkanes) is 2. The summed E-state index contributed by atoms with van der Waals surface area (Å²) in [5.74, 6) is 0. The van der Waals surface area contributed by atoms with Crippen molar-refractivity contribution in [2.75, 3.05) is 26.8 Å². The number of methoxy groups -OCH3 is 1. The van der Waals surface area contributed by atoms with E-state index in [0.717, 1.165) is 61.8 Å². The van der Waals surface area contributed by atoms with Gasteiger partial charge in [0.05, 0.1) is 19.3 Å². The molecular weight excluding hydrogens is 488 g/mol. The molecule has 3 N–H and O–H groups in total. The molecule has 3 aromatic carbocycles. The predicted molar refractivity (Wildman–Crippen MR) is 157 cm³/mol. The maximum Gasteiger partial charge on any atom is 0.407 e. The lowest BCUT2D eigenvalue weighted by Gasteiger charge is -2.18. The second kappa shape index (κ2) is 17.4. The van der Waals surface area contributed by atoms with E-state index in [9.17, 15) is 9.90 Å². The zero-order valence-corrected chi connectivity index (χ0v) is 23.5. The maximum atomic E-state index is 11.8. The highest BCUT2D eigenvalue weighted by atomic mass is 16.5. The van der Waals surface area contributed by atoms with Gasteiger partial charge in [-0.1, -0.05) is 72.8 Å². The molecule has 39 heavy (non-hydrogen) atoms. The number of hydrogen-bond acceptors (Lipinski definition) is 5. The van der Waals surface area contributed by atoms with Gasteiger partial charge in [-0.15, -0.1) is 0 Å². The van der Waals surface area contributed by atoms with Crippen LogP contribution in [0.4, 0.5) is 4.79 Å². The van der Waals surface area contributed by atoms with Gasteiger partial charge in [0, 0.05) is 13.7 Å². The van der Waals surface area contributed by atoms with E-state index in [4.69, 9.17) is 9.47 Å². The smallest absolute Gasteiger partial charge is 0.407 e. The SMILES string of the molecule is COCc1cc([C@@H](CO)NCCCCc2ccc(CCCCNC(=O)OCc3ccccc3)cc2)ccc1C. The first-order valence-electron chi connectivity index (χ1n) is 14.0. The van der Waals surface area contributed by atoms with E-state index in [0.29, 0.717) is 19.8 Å². The van der Waals surface area contributed by atoms with Crippen molar-refractivity contribution in [3.8, 4) is 0 Å². The lowest BCUT2D eigenvalue weighted by molar-refractivity contribution is 0.139. The average molecular weight is 533 g/mol. The first-order valence-corrected chi connectivity index (χ1v) is 14.0. The highest BCUT2D eigenvalue weighted by Crippen LogP contribution is 2.19. The molecule has 210 valence electrons. The molecule has 0 spiro atoms. The average Bonchev–Trinajstić information content (AvgIpc) is 2.96. The minimum Gasteiger partial charge on any atom is -0.445 e. The topological polar surface area (TPSA) is 79.8 Å². The van der Waals surface area contributed by atoms with Crippen molar-refractivity contribution in [3.63, 3.8) is 0 Å². The fourth-order valence-corrected chi connectivity index (χ4v) is 4.53. The Morgan fingerprint density at radius 3 is 2.13 bits per heavy atom. The molecule has 6 nitrogen and oxygen atoms in total. The normalized spacial score (nSPS) is 11.8. The first kappa shape index (κ1) is 30.4. The van der Waals surface area contributed by atoms with Gasteiger partial charge in [0.1, 0.15) is 6.61 Å². The van der Waals surface area contributed by atoms with E-state index in [1.54, 1.807) is 7.11 Å².